The molecule has 0 amide bonds. The van der Waals surface area contributed by atoms with E-state index in [0.29, 0.717) is 25.0 Å². The summed E-state index contributed by atoms with van der Waals surface area (Å²) in [5.41, 5.74) is 0. The fourth-order valence-electron chi connectivity index (χ4n) is 2.64. The van der Waals surface area contributed by atoms with Crippen LogP contribution in [0.15, 0.2) is 0 Å². The van der Waals surface area contributed by atoms with Crippen LogP contribution in [-0.4, -0.2) is 49.8 Å². The van der Waals surface area contributed by atoms with Crippen molar-refractivity contribution in [2.24, 2.45) is 5.92 Å². The predicted octanol–water partition coefficient (Wildman–Crippen LogP) is 2.08. The molecule has 0 N–H and O–H groups in total. The Labute approximate surface area is 111 Å². The predicted molar refractivity (Wildman–Crippen MR) is 71.5 cm³/mol. The monoisotopic (exact) mass is 257 g/mol. The van der Waals surface area contributed by atoms with Gasteiger partial charge in [0, 0.05) is 19.1 Å². The van der Waals surface area contributed by atoms with E-state index in [4.69, 9.17) is 9.47 Å². The molecule has 1 heterocycles. The Morgan fingerprint density at radius 2 is 2.00 bits per heavy atom. The van der Waals surface area contributed by atoms with Gasteiger partial charge in [-0.1, -0.05) is 20.3 Å². The van der Waals surface area contributed by atoms with Crippen molar-refractivity contribution in [2.45, 2.75) is 46.1 Å². The molecule has 0 aromatic heterocycles. The van der Waals surface area contributed by atoms with Gasteiger partial charge in [-0.05, 0) is 19.3 Å². The number of ether oxygens (including phenoxy) is 2. The third-order valence-electron chi connectivity index (χ3n) is 3.60. The minimum absolute atomic E-state index is 0.0723. The normalized spacial score (nSPS) is 20.4. The topological polar surface area (TPSA) is 38.8 Å². The van der Waals surface area contributed by atoms with Crippen LogP contribution in [0.1, 0.15) is 40.0 Å². The molecule has 2 atom stereocenters. The molecular weight excluding hydrogens is 230 g/mol. The van der Waals surface area contributed by atoms with Gasteiger partial charge in [0.2, 0.25) is 0 Å². The molecule has 1 aliphatic heterocycles. The SMILES string of the molecule is CCCC(C)C(CC(=O)OCC)N1CCOCC1. The Bertz CT molecular complexity index is 239. The van der Waals surface area contributed by atoms with E-state index >= 15 is 0 Å². The van der Waals surface area contributed by atoms with Crippen LogP contribution in [-0.2, 0) is 14.3 Å². The van der Waals surface area contributed by atoms with Gasteiger partial charge >= 0.3 is 5.97 Å². The first-order valence-corrected chi connectivity index (χ1v) is 7.16. The highest BCUT2D eigenvalue weighted by atomic mass is 16.5. The molecule has 1 rings (SSSR count). The fraction of sp³-hybridized carbons (Fsp3) is 0.929. The molecule has 1 aliphatic rings. The van der Waals surface area contributed by atoms with Crippen molar-refractivity contribution in [3.63, 3.8) is 0 Å². The molecular formula is C14H27NO3. The van der Waals surface area contributed by atoms with E-state index in [1.807, 2.05) is 6.92 Å². The zero-order valence-corrected chi connectivity index (χ0v) is 12.0. The second-order valence-electron chi connectivity index (χ2n) is 4.99. The summed E-state index contributed by atoms with van der Waals surface area (Å²) in [4.78, 5) is 14.1. The minimum Gasteiger partial charge on any atom is -0.466 e. The van der Waals surface area contributed by atoms with Gasteiger partial charge in [0.15, 0.2) is 0 Å². The number of carbonyl (C=O) groups is 1. The van der Waals surface area contributed by atoms with E-state index in [1.165, 1.54) is 0 Å². The molecule has 18 heavy (non-hydrogen) atoms. The first-order chi connectivity index (χ1) is 8.69. The highest BCUT2D eigenvalue weighted by Crippen LogP contribution is 2.21. The number of carbonyl (C=O) groups excluding carboxylic acids is 1. The first kappa shape index (κ1) is 15.4. The molecule has 0 spiro atoms. The van der Waals surface area contributed by atoms with E-state index in [1.54, 1.807) is 0 Å². The molecule has 1 fully saturated rings. The van der Waals surface area contributed by atoms with E-state index in [0.717, 1.165) is 39.1 Å². The summed E-state index contributed by atoms with van der Waals surface area (Å²) < 4.78 is 10.5. The van der Waals surface area contributed by atoms with Crippen LogP contribution in [0, 0.1) is 5.92 Å². The summed E-state index contributed by atoms with van der Waals surface area (Å²) in [6.07, 6.45) is 2.82. The molecule has 0 aliphatic carbocycles. The lowest BCUT2D eigenvalue weighted by Crippen LogP contribution is -2.47. The van der Waals surface area contributed by atoms with Crippen molar-refractivity contribution in [2.75, 3.05) is 32.9 Å². The lowest BCUT2D eigenvalue weighted by atomic mass is 9.92. The maximum absolute atomic E-state index is 11.7. The Balaban J connectivity index is 2.57. The summed E-state index contributed by atoms with van der Waals surface area (Å²) in [6.45, 7) is 10.2. The Morgan fingerprint density at radius 1 is 1.33 bits per heavy atom. The minimum atomic E-state index is -0.0723. The fourth-order valence-corrected chi connectivity index (χ4v) is 2.64. The van der Waals surface area contributed by atoms with Gasteiger partial charge in [-0.25, -0.2) is 0 Å². The Hall–Kier alpha value is -0.610. The second kappa shape index (κ2) is 8.48. The largest absolute Gasteiger partial charge is 0.466 e. The van der Waals surface area contributed by atoms with E-state index < -0.39 is 0 Å². The molecule has 0 aromatic rings. The average Bonchev–Trinajstić information content (AvgIpc) is 2.37. The molecule has 0 saturated carbocycles. The standard InChI is InChI=1S/C14H27NO3/c1-4-6-12(3)13(11-14(16)18-5-2)15-7-9-17-10-8-15/h12-13H,4-11H2,1-3H3. The van der Waals surface area contributed by atoms with Crippen molar-refractivity contribution in [3.05, 3.63) is 0 Å². The number of morpholine rings is 1. The van der Waals surface area contributed by atoms with Gasteiger partial charge in [-0.3, -0.25) is 9.69 Å². The maximum atomic E-state index is 11.7. The number of rotatable bonds is 7. The Kier molecular flexibility index (Phi) is 7.28. The van der Waals surface area contributed by atoms with Gasteiger partial charge in [0.1, 0.15) is 0 Å². The summed E-state index contributed by atoms with van der Waals surface area (Å²) in [6, 6.07) is 0.299. The molecule has 106 valence electrons. The Morgan fingerprint density at radius 3 is 2.56 bits per heavy atom. The van der Waals surface area contributed by atoms with E-state index in [2.05, 4.69) is 18.7 Å². The lowest BCUT2D eigenvalue weighted by Gasteiger charge is -2.37. The molecule has 1 saturated heterocycles. The third kappa shape index (κ3) is 4.94. The van der Waals surface area contributed by atoms with Crippen molar-refractivity contribution in [1.82, 2.24) is 4.90 Å². The maximum Gasteiger partial charge on any atom is 0.307 e. The summed E-state index contributed by atoms with van der Waals surface area (Å²) >= 11 is 0. The van der Waals surface area contributed by atoms with Crippen LogP contribution in [0.2, 0.25) is 0 Å². The zero-order valence-electron chi connectivity index (χ0n) is 12.0. The molecule has 0 radical (unpaired) electrons. The van der Waals surface area contributed by atoms with Crippen molar-refractivity contribution in [3.8, 4) is 0 Å². The molecule has 2 unspecified atom stereocenters. The van der Waals surface area contributed by atoms with Gasteiger partial charge in [-0.15, -0.1) is 0 Å². The number of hydrogen-bond acceptors (Lipinski definition) is 4. The number of nitrogens with zero attached hydrogens (tertiary/aromatic N) is 1. The van der Waals surface area contributed by atoms with Crippen LogP contribution in [0.4, 0.5) is 0 Å². The molecule has 0 bridgehead atoms. The van der Waals surface area contributed by atoms with Crippen LogP contribution < -0.4 is 0 Å². The summed E-state index contributed by atoms with van der Waals surface area (Å²) in [5, 5.41) is 0. The van der Waals surface area contributed by atoms with Crippen LogP contribution in [0.3, 0.4) is 0 Å². The van der Waals surface area contributed by atoms with Crippen LogP contribution in [0.5, 0.6) is 0 Å². The second-order valence-corrected chi connectivity index (χ2v) is 4.99. The van der Waals surface area contributed by atoms with Crippen molar-refractivity contribution < 1.29 is 14.3 Å². The average molecular weight is 257 g/mol. The smallest absolute Gasteiger partial charge is 0.307 e. The van der Waals surface area contributed by atoms with Crippen molar-refractivity contribution in [1.29, 1.82) is 0 Å². The van der Waals surface area contributed by atoms with Gasteiger partial charge in [-0.2, -0.15) is 0 Å². The zero-order chi connectivity index (χ0) is 13.4. The highest BCUT2D eigenvalue weighted by molar-refractivity contribution is 5.70. The number of esters is 1. The third-order valence-corrected chi connectivity index (χ3v) is 3.60. The van der Waals surface area contributed by atoms with Gasteiger partial charge < -0.3 is 9.47 Å². The number of hydrogen-bond donors (Lipinski definition) is 0. The quantitative estimate of drug-likeness (QED) is 0.655. The summed E-state index contributed by atoms with van der Waals surface area (Å²) in [5.74, 6) is 0.453. The molecule has 0 aromatic carbocycles. The van der Waals surface area contributed by atoms with Crippen LogP contribution >= 0.6 is 0 Å². The van der Waals surface area contributed by atoms with E-state index in [-0.39, 0.29) is 5.97 Å². The van der Waals surface area contributed by atoms with Crippen molar-refractivity contribution >= 4 is 5.97 Å². The highest BCUT2D eigenvalue weighted by Gasteiger charge is 2.28. The summed E-state index contributed by atoms with van der Waals surface area (Å²) in [7, 11) is 0. The van der Waals surface area contributed by atoms with Crippen LogP contribution in [0.25, 0.3) is 0 Å². The molecule has 4 nitrogen and oxygen atoms in total. The molecule has 4 heteroatoms. The van der Waals surface area contributed by atoms with Gasteiger partial charge in [0.25, 0.3) is 0 Å². The first-order valence-electron chi connectivity index (χ1n) is 7.16. The van der Waals surface area contributed by atoms with E-state index in [9.17, 15) is 4.79 Å². The van der Waals surface area contributed by atoms with Gasteiger partial charge in [0.05, 0.1) is 26.2 Å². The lowest BCUT2D eigenvalue weighted by molar-refractivity contribution is -0.145.